The summed E-state index contributed by atoms with van der Waals surface area (Å²) in [6.45, 7) is 0. The second-order valence-electron chi connectivity index (χ2n) is 12.2. The van der Waals surface area contributed by atoms with Crippen molar-refractivity contribution in [3.05, 3.63) is 132 Å². The van der Waals surface area contributed by atoms with Crippen LogP contribution in [0.2, 0.25) is 0 Å². The van der Waals surface area contributed by atoms with Gasteiger partial charge in [-0.15, -0.1) is 0 Å². The van der Waals surface area contributed by atoms with Gasteiger partial charge in [-0.1, -0.05) is 60.7 Å². The Balaban J connectivity index is 1.22. The van der Waals surface area contributed by atoms with Gasteiger partial charge in [-0.2, -0.15) is 0 Å². The van der Waals surface area contributed by atoms with E-state index in [4.69, 9.17) is 40.4 Å². The predicted octanol–water partition coefficient (Wildman–Crippen LogP) is 6.56. The van der Waals surface area contributed by atoms with Gasteiger partial charge in [-0.05, 0) is 59.7 Å². The van der Waals surface area contributed by atoms with Crippen LogP contribution in [0.3, 0.4) is 0 Å². The maximum Gasteiger partial charge on any atom is 0.183 e. The smallest absolute Gasteiger partial charge is 0.183 e. The monoisotopic (exact) mass is 724 g/mol. The Morgan fingerprint density at radius 2 is 0.963 bits per heavy atom. The first kappa shape index (κ1) is 35.2. The molecule has 2 aliphatic rings. The van der Waals surface area contributed by atoms with Crippen LogP contribution in [0.15, 0.2) is 141 Å². The molecule has 4 atom stereocenters. The Kier molecular flexibility index (Phi) is 10.7. The normalized spacial score (nSPS) is 17.1. The number of methoxy groups -OCH3 is 2. The fourth-order valence-electron chi connectivity index (χ4n) is 5.98. The minimum atomic E-state index is -0.596. The number of anilines is 4. The first-order valence-corrected chi connectivity index (χ1v) is 17.1. The molecule has 5 aromatic rings. The van der Waals surface area contributed by atoms with E-state index in [0.29, 0.717) is 45.7 Å². The number of rotatable bonds is 14. The van der Waals surface area contributed by atoms with Crippen LogP contribution in [0, 0.1) is 0 Å². The number of nitrogens with zero attached hydrogens (tertiary/aromatic N) is 6. The lowest BCUT2D eigenvalue weighted by molar-refractivity contribution is 0.119. The van der Waals surface area contributed by atoms with Gasteiger partial charge in [0.1, 0.15) is 48.4 Å². The molecule has 0 saturated heterocycles. The van der Waals surface area contributed by atoms with Crippen molar-refractivity contribution < 1.29 is 18.9 Å². The summed E-state index contributed by atoms with van der Waals surface area (Å²) in [5, 5.41) is 3.56. The maximum absolute atomic E-state index is 6.69. The molecule has 2 aliphatic heterocycles. The quantitative estimate of drug-likeness (QED) is 0.0921. The largest absolute Gasteiger partial charge is 0.494 e. The minimum Gasteiger partial charge on any atom is -0.494 e. The molecular formula is C40H40N10O4. The second-order valence-corrected chi connectivity index (χ2v) is 12.2. The molecule has 6 N–H and O–H groups in total. The number of nitrogen functional groups attached to an aromatic ring is 2. The highest BCUT2D eigenvalue weighted by Gasteiger charge is 2.34. The third-order valence-corrected chi connectivity index (χ3v) is 8.62. The van der Waals surface area contributed by atoms with Gasteiger partial charge < -0.3 is 30.4 Å². The summed E-state index contributed by atoms with van der Waals surface area (Å²) in [4.78, 5) is 18.1. The van der Waals surface area contributed by atoms with Gasteiger partial charge in [0.25, 0.3) is 0 Å². The molecule has 54 heavy (non-hydrogen) atoms. The Morgan fingerprint density at radius 1 is 0.556 bits per heavy atom. The van der Waals surface area contributed by atoms with Crippen LogP contribution < -0.4 is 41.3 Å². The Hall–Kier alpha value is -7.22. The van der Waals surface area contributed by atoms with E-state index in [0.717, 1.165) is 11.1 Å². The van der Waals surface area contributed by atoms with Crippen LogP contribution in [0.1, 0.15) is 23.3 Å². The zero-order valence-corrected chi connectivity index (χ0v) is 29.6. The van der Waals surface area contributed by atoms with Gasteiger partial charge in [0.15, 0.2) is 24.5 Å². The molecular weight excluding hydrogens is 685 g/mol. The first-order chi connectivity index (χ1) is 26.5. The van der Waals surface area contributed by atoms with Crippen LogP contribution in [-0.2, 0) is 0 Å². The van der Waals surface area contributed by atoms with E-state index in [2.05, 4.69) is 20.8 Å². The first-order valence-electron chi connectivity index (χ1n) is 17.1. The topological polar surface area (TPSA) is 169 Å². The third-order valence-electron chi connectivity index (χ3n) is 8.62. The van der Waals surface area contributed by atoms with Crippen LogP contribution in [0.4, 0.5) is 22.7 Å². The van der Waals surface area contributed by atoms with E-state index < -0.39 is 24.5 Å². The summed E-state index contributed by atoms with van der Waals surface area (Å²) in [6.07, 6.45) is 4.00. The molecule has 0 aromatic heterocycles. The van der Waals surface area contributed by atoms with Gasteiger partial charge in [-0.25, -0.2) is 30.0 Å². The predicted molar refractivity (Wildman–Crippen MR) is 213 cm³/mol. The minimum absolute atomic E-state index is 0.569. The van der Waals surface area contributed by atoms with Gasteiger partial charge in [-0.3, -0.25) is 10.9 Å². The molecule has 0 aliphatic carbocycles. The molecule has 0 bridgehead atoms. The number of nitrogens with one attached hydrogen (secondary N) is 2. The average molecular weight is 725 g/mol. The Morgan fingerprint density at radius 3 is 1.35 bits per heavy atom. The van der Waals surface area contributed by atoms with E-state index in [-0.39, 0.29) is 0 Å². The number of aliphatic imine (C=N–C) groups is 4. The molecule has 274 valence electrons. The van der Waals surface area contributed by atoms with Crippen LogP contribution in [0.25, 0.3) is 0 Å². The molecule has 0 radical (unpaired) electrons. The maximum atomic E-state index is 6.69. The summed E-state index contributed by atoms with van der Waals surface area (Å²) in [7, 11) is 3.18. The fourth-order valence-corrected chi connectivity index (χ4v) is 5.98. The number of hydrogen-bond acceptors (Lipinski definition) is 14. The number of hydrazine groups is 2. The van der Waals surface area contributed by atoms with E-state index in [1.165, 1.54) is 12.7 Å². The molecule has 0 saturated carbocycles. The summed E-state index contributed by atoms with van der Waals surface area (Å²) in [6, 6.07) is 38.0. The summed E-state index contributed by atoms with van der Waals surface area (Å²) < 4.78 is 24.6. The average Bonchev–Trinajstić information content (AvgIpc) is 3.22. The third kappa shape index (κ3) is 8.12. The van der Waals surface area contributed by atoms with E-state index in [1.807, 2.05) is 97.1 Å². The highest BCUT2D eigenvalue weighted by atomic mass is 16.5. The van der Waals surface area contributed by atoms with Crippen LogP contribution in [0.5, 0.6) is 23.0 Å². The van der Waals surface area contributed by atoms with E-state index in [9.17, 15) is 0 Å². The Bertz CT molecular complexity index is 1980. The highest BCUT2D eigenvalue weighted by Crippen LogP contribution is 2.35. The molecule has 7 rings (SSSR count). The van der Waals surface area contributed by atoms with Gasteiger partial charge >= 0.3 is 0 Å². The van der Waals surface area contributed by atoms with Crippen molar-refractivity contribution in [1.82, 2.24) is 10.0 Å². The summed E-state index contributed by atoms with van der Waals surface area (Å²) >= 11 is 0. The van der Waals surface area contributed by atoms with Crippen molar-refractivity contribution in [3.63, 3.8) is 0 Å². The molecule has 4 unspecified atom stereocenters. The second kappa shape index (κ2) is 16.4. The fraction of sp³-hybridized carbons (Fsp3) is 0.150. The van der Waals surface area contributed by atoms with Crippen molar-refractivity contribution in [1.29, 1.82) is 0 Å². The summed E-state index contributed by atoms with van der Waals surface area (Å²) in [5.74, 6) is 2.49. The molecule has 2 heterocycles. The molecule has 0 fully saturated rings. The lowest BCUT2D eigenvalue weighted by atomic mass is 10.00. The standard InChI is InChI=1S/C40H40N10O4/c1-51-35-21-29(41)17-19-33(35)47-49-25-43-23-45-39(49)37(53-31-9-5-3-6-10-31)27-13-15-28(16-14-27)38(54-32-11-7-4-8-12-32)40-46-24-44-26-50(40)48-34-20-18-30(42)22-36(34)52-2/h3-26,37-40,47-48H,41-42H2,1-2H3. The number of benzene rings is 5. The SMILES string of the molecule is COc1cc(N)ccc1NN1C=NC=NC1C(Oc1ccccc1)c1ccc(C(Oc2ccccc2)C2N=CN=CN2Nc2ccc(N)cc2OC)cc1. The van der Waals surface area contributed by atoms with Crippen LogP contribution in [-0.4, -0.2) is 61.9 Å². The number of hydrogen-bond donors (Lipinski definition) is 4. The molecule has 5 aromatic carbocycles. The molecule has 0 spiro atoms. The zero-order valence-electron chi connectivity index (χ0n) is 29.6. The molecule has 14 nitrogen and oxygen atoms in total. The van der Waals surface area contributed by atoms with E-state index in [1.54, 1.807) is 61.2 Å². The van der Waals surface area contributed by atoms with Crippen molar-refractivity contribution in [3.8, 4) is 23.0 Å². The van der Waals surface area contributed by atoms with Crippen molar-refractivity contribution >= 4 is 48.1 Å². The highest BCUT2D eigenvalue weighted by molar-refractivity contribution is 5.77. The number of para-hydroxylation sites is 2. The Labute approximate surface area is 313 Å². The lowest BCUT2D eigenvalue weighted by Crippen LogP contribution is -2.45. The molecule has 14 heteroatoms. The zero-order chi connectivity index (χ0) is 37.3. The van der Waals surface area contributed by atoms with Crippen molar-refractivity contribution in [2.24, 2.45) is 20.0 Å². The van der Waals surface area contributed by atoms with Crippen LogP contribution >= 0.6 is 0 Å². The summed E-state index contributed by atoms with van der Waals surface area (Å²) in [5.41, 5.74) is 23.0. The van der Waals surface area contributed by atoms with E-state index >= 15 is 0 Å². The van der Waals surface area contributed by atoms with Gasteiger partial charge in [0.05, 0.1) is 25.6 Å². The van der Waals surface area contributed by atoms with Gasteiger partial charge in [0.2, 0.25) is 0 Å². The molecule has 0 amide bonds. The van der Waals surface area contributed by atoms with Crippen molar-refractivity contribution in [2.75, 3.05) is 36.5 Å². The number of nitrogens with two attached hydrogens (primary N) is 2. The number of ether oxygens (including phenoxy) is 4. The lowest BCUT2D eigenvalue weighted by Gasteiger charge is -2.36. The van der Waals surface area contributed by atoms with Crippen molar-refractivity contribution in [2.45, 2.75) is 24.5 Å². The van der Waals surface area contributed by atoms with Gasteiger partial charge in [0, 0.05) is 23.5 Å².